The highest BCUT2D eigenvalue weighted by molar-refractivity contribution is 5.84. The minimum absolute atomic E-state index is 0.473. The fourth-order valence-corrected chi connectivity index (χ4v) is 0.948. The molecule has 0 aliphatic rings. The van der Waals surface area contributed by atoms with Crippen LogP contribution < -0.4 is 5.01 Å². The fraction of sp³-hybridized carbons (Fsp3) is 0.455. The Kier molecular flexibility index (Phi) is 3.63. The Morgan fingerprint density at radius 3 is 2.64 bits per heavy atom. The number of hydrazone groups is 1. The number of nitrogens with zero attached hydrogens (tertiary/aromatic N) is 3. The molecule has 0 saturated carbocycles. The summed E-state index contributed by atoms with van der Waals surface area (Å²) in [7, 11) is 1.91. The third-order valence-corrected chi connectivity index (χ3v) is 2.12. The first-order valence-electron chi connectivity index (χ1n) is 4.81. The van der Waals surface area contributed by atoms with E-state index in [2.05, 4.69) is 23.9 Å². The van der Waals surface area contributed by atoms with E-state index in [0.29, 0.717) is 5.92 Å². The van der Waals surface area contributed by atoms with E-state index in [0.717, 1.165) is 11.5 Å². The number of pyridine rings is 1. The van der Waals surface area contributed by atoms with Crippen molar-refractivity contribution in [3.63, 3.8) is 0 Å². The average Bonchev–Trinajstić information content (AvgIpc) is 2.19. The summed E-state index contributed by atoms with van der Waals surface area (Å²) in [5, 5.41) is 6.24. The van der Waals surface area contributed by atoms with Crippen molar-refractivity contribution in [3.8, 4) is 0 Å². The quantitative estimate of drug-likeness (QED) is 0.542. The van der Waals surface area contributed by atoms with Crippen LogP contribution in [0.1, 0.15) is 20.8 Å². The standard InChI is InChI=1S/C11H17N3/c1-9(2)10(3)13-14(4)11-7-5-6-8-12-11/h5-9H,1-4H3/b13-10-. The van der Waals surface area contributed by atoms with E-state index >= 15 is 0 Å². The van der Waals surface area contributed by atoms with Gasteiger partial charge < -0.3 is 0 Å². The predicted octanol–water partition coefficient (Wildman–Crippen LogP) is 2.55. The molecule has 0 bridgehead atoms. The van der Waals surface area contributed by atoms with Crippen LogP contribution in [0, 0.1) is 5.92 Å². The van der Waals surface area contributed by atoms with Crippen LogP contribution in [0.5, 0.6) is 0 Å². The summed E-state index contributed by atoms with van der Waals surface area (Å²) in [6.45, 7) is 6.29. The Morgan fingerprint density at radius 1 is 1.43 bits per heavy atom. The monoisotopic (exact) mass is 191 g/mol. The van der Waals surface area contributed by atoms with E-state index in [-0.39, 0.29) is 0 Å². The Morgan fingerprint density at radius 2 is 2.14 bits per heavy atom. The van der Waals surface area contributed by atoms with Crippen LogP contribution in [0.2, 0.25) is 0 Å². The van der Waals surface area contributed by atoms with E-state index < -0.39 is 0 Å². The van der Waals surface area contributed by atoms with Crippen molar-refractivity contribution in [3.05, 3.63) is 24.4 Å². The Balaban J connectivity index is 2.77. The Hall–Kier alpha value is -1.38. The lowest BCUT2D eigenvalue weighted by molar-refractivity contribution is 0.851. The number of anilines is 1. The summed E-state index contributed by atoms with van der Waals surface area (Å²) in [5.41, 5.74) is 1.11. The first-order valence-corrected chi connectivity index (χ1v) is 4.81. The summed E-state index contributed by atoms with van der Waals surface area (Å²) >= 11 is 0. The van der Waals surface area contributed by atoms with Crippen LogP contribution in [-0.4, -0.2) is 17.7 Å². The molecule has 0 saturated heterocycles. The van der Waals surface area contributed by atoms with Crippen LogP contribution in [0.4, 0.5) is 5.82 Å². The fourth-order valence-electron chi connectivity index (χ4n) is 0.948. The van der Waals surface area contributed by atoms with Crippen LogP contribution in [-0.2, 0) is 0 Å². The van der Waals surface area contributed by atoms with E-state index in [1.54, 1.807) is 11.2 Å². The topological polar surface area (TPSA) is 28.5 Å². The van der Waals surface area contributed by atoms with E-state index in [1.165, 1.54) is 0 Å². The molecule has 76 valence electrons. The van der Waals surface area contributed by atoms with Gasteiger partial charge >= 0.3 is 0 Å². The summed E-state index contributed by atoms with van der Waals surface area (Å²) in [6.07, 6.45) is 1.77. The van der Waals surface area contributed by atoms with Gasteiger partial charge in [0, 0.05) is 19.0 Å². The van der Waals surface area contributed by atoms with Gasteiger partial charge in [0.1, 0.15) is 5.82 Å². The van der Waals surface area contributed by atoms with Gasteiger partial charge in [-0.25, -0.2) is 4.98 Å². The zero-order chi connectivity index (χ0) is 10.6. The Bertz CT molecular complexity index is 304. The minimum atomic E-state index is 0.473. The molecular weight excluding hydrogens is 174 g/mol. The summed E-state index contributed by atoms with van der Waals surface area (Å²) in [4.78, 5) is 4.21. The molecule has 0 aliphatic carbocycles. The minimum Gasteiger partial charge on any atom is -0.251 e. The van der Waals surface area contributed by atoms with Crippen LogP contribution in [0.15, 0.2) is 29.5 Å². The first kappa shape index (κ1) is 10.7. The third-order valence-electron chi connectivity index (χ3n) is 2.12. The molecule has 0 N–H and O–H groups in total. The predicted molar refractivity (Wildman–Crippen MR) is 60.6 cm³/mol. The highest BCUT2D eigenvalue weighted by Crippen LogP contribution is 2.08. The van der Waals surface area contributed by atoms with Crippen molar-refractivity contribution in [1.29, 1.82) is 0 Å². The maximum Gasteiger partial charge on any atom is 0.148 e. The maximum absolute atomic E-state index is 4.43. The van der Waals surface area contributed by atoms with E-state index in [9.17, 15) is 0 Å². The lowest BCUT2D eigenvalue weighted by Gasteiger charge is -2.14. The molecule has 14 heavy (non-hydrogen) atoms. The highest BCUT2D eigenvalue weighted by atomic mass is 15.5. The smallest absolute Gasteiger partial charge is 0.148 e. The second-order valence-corrected chi connectivity index (χ2v) is 3.61. The zero-order valence-electron chi connectivity index (χ0n) is 9.23. The largest absolute Gasteiger partial charge is 0.251 e. The molecule has 3 nitrogen and oxygen atoms in total. The van der Waals surface area contributed by atoms with Gasteiger partial charge in [0.05, 0.1) is 0 Å². The molecule has 0 fully saturated rings. The molecule has 0 unspecified atom stereocenters. The van der Waals surface area contributed by atoms with Crippen molar-refractivity contribution >= 4 is 11.5 Å². The normalized spacial score (nSPS) is 11.9. The molecular formula is C11H17N3. The molecule has 0 aromatic carbocycles. The second-order valence-electron chi connectivity index (χ2n) is 3.61. The summed E-state index contributed by atoms with van der Waals surface area (Å²) < 4.78 is 0. The van der Waals surface area contributed by atoms with Gasteiger partial charge in [-0.15, -0.1) is 0 Å². The lowest BCUT2D eigenvalue weighted by Crippen LogP contribution is -2.15. The van der Waals surface area contributed by atoms with E-state index in [4.69, 9.17) is 0 Å². The summed E-state index contributed by atoms with van der Waals surface area (Å²) in [6, 6.07) is 5.80. The van der Waals surface area contributed by atoms with Crippen LogP contribution >= 0.6 is 0 Å². The van der Waals surface area contributed by atoms with Crippen LogP contribution in [0.25, 0.3) is 0 Å². The number of hydrogen-bond donors (Lipinski definition) is 0. The maximum atomic E-state index is 4.43. The molecule has 1 heterocycles. The van der Waals surface area contributed by atoms with Crippen molar-refractivity contribution in [1.82, 2.24) is 4.98 Å². The van der Waals surface area contributed by atoms with Crippen molar-refractivity contribution in [2.24, 2.45) is 11.0 Å². The van der Waals surface area contributed by atoms with Crippen molar-refractivity contribution in [2.75, 3.05) is 12.1 Å². The van der Waals surface area contributed by atoms with Crippen molar-refractivity contribution < 1.29 is 0 Å². The van der Waals surface area contributed by atoms with Gasteiger partial charge in [0.25, 0.3) is 0 Å². The van der Waals surface area contributed by atoms with Gasteiger partial charge in [-0.1, -0.05) is 19.9 Å². The first-order chi connectivity index (χ1) is 6.61. The van der Waals surface area contributed by atoms with Crippen LogP contribution in [0.3, 0.4) is 0 Å². The highest BCUT2D eigenvalue weighted by Gasteiger charge is 2.02. The van der Waals surface area contributed by atoms with E-state index in [1.807, 2.05) is 32.2 Å². The third kappa shape index (κ3) is 2.83. The molecule has 0 spiro atoms. The molecule has 0 radical (unpaired) electrons. The molecule has 0 atom stereocenters. The number of rotatable bonds is 3. The molecule has 1 aromatic heterocycles. The SMILES string of the molecule is C/C(=N/N(C)c1ccccn1)C(C)C. The molecule has 0 amide bonds. The second kappa shape index (κ2) is 4.74. The van der Waals surface area contributed by atoms with Gasteiger partial charge in [-0.2, -0.15) is 5.10 Å². The van der Waals surface area contributed by atoms with Gasteiger partial charge in [0.15, 0.2) is 0 Å². The van der Waals surface area contributed by atoms with Gasteiger partial charge in [-0.05, 0) is 25.0 Å². The lowest BCUT2D eigenvalue weighted by atomic mass is 10.1. The Labute approximate surface area is 85.5 Å². The molecule has 1 aromatic rings. The molecule has 3 heteroatoms. The zero-order valence-corrected chi connectivity index (χ0v) is 9.23. The molecule has 0 aliphatic heterocycles. The summed E-state index contributed by atoms with van der Waals surface area (Å²) in [5.74, 6) is 1.34. The van der Waals surface area contributed by atoms with Gasteiger partial charge in [-0.3, -0.25) is 5.01 Å². The number of hydrogen-bond acceptors (Lipinski definition) is 3. The molecule has 1 rings (SSSR count). The van der Waals surface area contributed by atoms with Crippen molar-refractivity contribution in [2.45, 2.75) is 20.8 Å². The number of aromatic nitrogens is 1. The van der Waals surface area contributed by atoms with Gasteiger partial charge in [0.2, 0.25) is 0 Å². The average molecular weight is 191 g/mol.